The molecule has 3 aromatic carbocycles. The highest BCUT2D eigenvalue weighted by atomic mass is 16.3. The Kier molecular flexibility index (Phi) is 4.38. The molecule has 0 atom stereocenters. The first-order chi connectivity index (χ1) is 15.0. The van der Waals surface area contributed by atoms with E-state index >= 15 is 0 Å². The Hall–Kier alpha value is -3.90. The monoisotopic (exact) mass is 402 g/mol. The lowest BCUT2D eigenvalue weighted by Crippen LogP contribution is -2.11. The number of para-hydroxylation sites is 1. The molecule has 0 radical (unpaired) electrons. The molecule has 3 nitrogen and oxygen atoms in total. The van der Waals surface area contributed by atoms with Crippen LogP contribution in [0.25, 0.3) is 44.3 Å². The normalized spacial score (nSPS) is 11.7. The summed E-state index contributed by atoms with van der Waals surface area (Å²) in [7, 11) is 0. The lowest BCUT2D eigenvalue weighted by molar-refractivity contribution is 0.587. The minimum absolute atomic E-state index is 0.0508. The van der Waals surface area contributed by atoms with Gasteiger partial charge in [0.2, 0.25) is 0 Å². The van der Waals surface area contributed by atoms with Crippen LogP contribution in [0.3, 0.4) is 0 Å². The van der Waals surface area contributed by atoms with Crippen LogP contribution in [0.15, 0.2) is 83.4 Å². The maximum atomic E-state index is 9.74. The number of furan rings is 1. The Morgan fingerprint density at radius 3 is 2.26 bits per heavy atom. The molecule has 0 aliphatic heterocycles. The molecule has 31 heavy (non-hydrogen) atoms. The van der Waals surface area contributed by atoms with Crippen LogP contribution < -0.4 is 0 Å². The molecule has 3 heteroatoms. The van der Waals surface area contributed by atoms with Crippen LogP contribution in [0.5, 0.6) is 0 Å². The Bertz CT molecular complexity index is 1450. The van der Waals surface area contributed by atoms with Crippen molar-refractivity contribution in [1.29, 1.82) is 5.26 Å². The van der Waals surface area contributed by atoms with Gasteiger partial charge in [0.15, 0.2) is 0 Å². The second-order valence-corrected chi connectivity index (χ2v) is 8.81. The zero-order valence-corrected chi connectivity index (χ0v) is 17.8. The van der Waals surface area contributed by atoms with Gasteiger partial charge in [-0.3, -0.25) is 4.98 Å². The maximum absolute atomic E-state index is 9.74. The van der Waals surface area contributed by atoms with Gasteiger partial charge < -0.3 is 4.42 Å². The summed E-state index contributed by atoms with van der Waals surface area (Å²) in [6.45, 7) is 6.55. The fourth-order valence-electron chi connectivity index (χ4n) is 4.05. The second kappa shape index (κ2) is 7.11. The summed E-state index contributed by atoms with van der Waals surface area (Å²) >= 11 is 0. The number of rotatable bonds is 2. The van der Waals surface area contributed by atoms with Crippen molar-refractivity contribution in [2.75, 3.05) is 0 Å². The van der Waals surface area contributed by atoms with Crippen molar-refractivity contribution in [2.24, 2.45) is 0 Å². The lowest BCUT2D eigenvalue weighted by atomic mass is 9.88. The van der Waals surface area contributed by atoms with Crippen molar-refractivity contribution in [2.45, 2.75) is 26.2 Å². The Morgan fingerprint density at radius 1 is 0.806 bits per heavy atom. The standard InChI is InChI=1S/C28H22N2O/c1-28(2,3)20-13-15-24(30-17-20)23-11-7-10-21-22-14-12-19(16-29)25(27(22)31-26(21)23)18-8-5-4-6-9-18/h4-15,17H,1-3H3. The van der Waals surface area contributed by atoms with E-state index in [0.717, 1.165) is 44.3 Å². The van der Waals surface area contributed by atoms with Crippen LogP contribution in [0.4, 0.5) is 0 Å². The number of nitrogens with zero attached hydrogens (tertiary/aromatic N) is 2. The van der Waals surface area contributed by atoms with E-state index in [4.69, 9.17) is 9.40 Å². The number of nitriles is 1. The van der Waals surface area contributed by atoms with Crippen LogP contribution in [0.1, 0.15) is 31.9 Å². The van der Waals surface area contributed by atoms with E-state index in [2.05, 4.69) is 45.0 Å². The summed E-state index contributed by atoms with van der Waals surface area (Å²) < 4.78 is 6.47. The summed E-state index contributed by atoms with van der Waals surface area (Å²) in [5, 5.41) is 11.8. The van der Waals surface area contributed by atoms with Gasteiger partial charge in [-0.15, -0.1) is 0 Å². The summed E-state index contributed by atoms with van der Waals surface area (Å²) in [6.07, 6.45) is 1.94. The highest BCUT2D eigenvalue weighted by Gasteiger charge is 2.19. The van der Waals surface area contributed by atoms with Crippen molar-refractivity contribution in [3.63, 3.8) is 0 Å². The summed E-state index contributed by atoms with van der Waals surface area (Å²) in [5.41, 5.74) is 7.00. The molecule has 0 aliphatic carbocycles. The van der Waals surface area contributed by atoms with E-state index in [1.54, 1.807) is 0 Å². The number of aromatic nitrogens is 1. The molecule has 0 spiro atoms. The van der Waals surface area contributed by atoms with Crippen molar-refractivity contribution in [1.82, 2.24) is 4.98 Å². The Balaban J connectivity index is 1.78. The van der Waals surface area contributed by atoms with Crippen LogP contribution >= 0.6 is 0 Å². The van der Waals surface area contributed by atoms with Crippen LogP contribution in [0.2, 0.25) is 0 Å². The molecular weight excluding hydrogens is 380 g/mol. The minimum atomic E-state index is 0.0508. The molecule has 0 fully saturated rings. The average Bonchev–Trinajstić information content (AvgIpc) is 3.17. The molecule has 5 rings (SSSR count). The fraction of sp³-hybridized carbons (Fsp3) is 0.143. The van der Waals surface area contributed by atoms with E-state index in [-0.39, 0.29) is 5.41 Å². The fourth-order valence-corrected chi connectivity index (χ4v) is 4.05. The molecule has 0 saturated carbocycles. The molecule has 5 aromatic rings. The van der Waals surface area contributed by atoms with Gasteiger partial charge in [-0.2, -0.15) is 5.26 Å². The summed E-state index contributed by atoms with van der Waals surface area (Å²) in [4.78, 5) is 4.74. The van der Waals surface area contributed by atoms with Crippen LogP contribution in [-0.2, 0) is 5.41 Å². The van der Waals surface area contributed by atoms with Crippen molar-refractivity contribution >= 4 is 21.9 Å². The molecule has 0 aliphatic rings. The minimum Gasteiger partial charge on any atom is -0.455 e. The molecule has 0 N–H and O–H groups in total. The van der Waals surface area contributed by atoms with E-state index in [9.17, 15) is 5.26 Å². The smallest absolute Gasteiger partial charge is 0.144 e. The number of hydrogen-bond donors (Lipinski definition) is 0. The van der Waals surface area contributed by atoms with Crippen molar-refractivity contribution in [3.05, 3.63) is 90.1 Å². The zero-order valence-electron chi connectivity index (χ0n) is 17.8. The predicted octanol–water partition coefficient (Wildman–Crippen LogP) is 7.48. The van der Waals surface area contributed by atoms with Gasteiger partial charge in [-0.05, 0) is 40.8 Å². The number of fused-ring (bicyclic) bond motifs is 3. The molecular formula is C28H22N2O. The van der Waals surface area contributed by atoms with E-state index in [1.807, 2.05) is 60.8 Å². The average molecular weight is 402 g/mol. The highest BCUT2D eigenvalue weighted by Crippen LogP contribution is 2.40. The highest BCUT2D eigenvalue weighted by molar-refractivity contribution is 6.13. The Labute approximate surface area is 181 Å². The summed E-state index contributed by atoms with van der Waals surface area (Å²) in [6, 6.07) is 26.5. The van der Waals surface area contributed by atoms with Gasteiger partial charge >= 0.3 is 0 Å². The second-order valence-electron chi connectivity index (χ2n) is 8.81. The van der Waals surface area contributed by atoms with Gasteiger partial charge in [0.25, 0.3) is 0 Å². The molecule has 2 heterocycles. The number of benzene rings is 3. The number of hydrogen-bond acceptors (Lipinski definition) is 3. The topological polar surface area (TPSA) is 49.8 Å². The molecule has 0 saturated heterocycles. The van der Waals surface area contributed by atoms with Crippen LogP contribution in [0, 0.1) is 11.3 Å². The predicted molar refractivity (Wildman–Crippen MR) is 126 cm³/mol. The molecule has 0 bridgehead atoms. The van der Waals surface area contributed by atoms with Gasteiger partial charge in [0.1, 0.15) is 11.2 Å². The third-order valence-corrected chi connectivity index (χ3v) is 5.76. The largest absolute Gasteiger partial charge is 0.455 e. The zero-order chi connectivity index (χ0) is 21.6. The van der Waals surface area contributed by atoms with Crippen LogP contribution in [-0.4, -0.2) is 4.98 Å². The first kappa shape index (κ1) is 19.1. The van der Waals surface area contributed by atoms with Gasteiger partial charge in [0.05, 0.1) is 17.3 Å². The van der Waals surface area contributed by atoms with Crippen molar-refractivity contribution < 1.29 is 4.42 Å². The lowest BCUT2D eigenvalue weighted by Gasteiger charge is -2.18. The molecule has 2 aromatic heterocycles. The van der Waals surface area contributed by atoms with Crippen molar-refractivity contribution in [3.8, 4) is 28.5 Å². The third-order valence-electron chi connectivity index (χ3n) is 5.76. The molecule has 150 valence electrons. The summed E-state index contributed by atoms with van der Waals surface area (Å²) in [5.74, 6) is 0. The van der Waals surface area contributed by atoms with E-state index in [1.165, 1.54) is 5.56 Å². The van der Waals surface area contributed by atoms with Gasteiger partial charge in [-0.25, -0.2) is 0 Å². The first-order valence-corrected chi connectivity index (χ1v) is 10.4. The Morgan fingerprint density at radius 2 is 1.58 bits per heavy atom. The van der Waals surface area contributed by atoms with E-state index in [0.29, 0.717) is 5.56 Å². The first-order valence-electron chi connectivity index (χ1n) is 10.4. The van der Waals surface area contributed by atoms with Gasteiger partial charge in [-0.1, -0.05) is 69.3 Å². The maximum Gasteiger partial charge on any atom is 0.144 e. The number of pyridine rings is 1. The third kappa shape index (κ3) is 3.17. The molecule has 0 unspecified atom stereocenters. The van der Waals surface area contributed by atoms with Gasteiger partial charge in [0, 0.05) is 28.1 Å². The molecule has 0 amide bonds. The van der Waals surface area contributed by atoms with E-state index < -0.39 is 0 Å². The quantitative estimate of drug-likeness (QED) is 0.307. The SMILES string of the molecule is CC(C)(C)c1ccc(-c2cccc3c2oc2c(-c4ccccc4)c(C#N)ccc23)nc1.